The maximum atomic E-state index is 12.9. The van der Waals surface area contributed by atoms with Gasteiger partial charge in [-0.3, -0.25) is 19.6 Å². The monoisotopic (exact) mass is 436 g/mol. The molecule has 7 nitrogen and oxygen atoms in total. The molecule has 0 spiro atoms. The Kier molecular flexibility index (Phi) is 4.91. The summed E-state index contributed by atoms with van der Waals surface area (Å²) in [5.74, 6) is -0.732. The second kappa shape index (κ2) is 7.62. The summed E-state index contributed by atoms with van der Waals surface area (Å²) in [5, 5.41) is 18.4. The highest BCUT2D eigenvalue weighted by Crippen LogP contribution is 2.33. The molecule has 1 aliphatic rings. The number of nitrogens with zero attached hydrogens (tertiary/aromatic N) is 3. The Morgan fingerprint density at radius 1 is 1.32 bits per heavy atom. The zero-order valence-electron chi connectivity index (χ0n) is 17.5. The highest BCUT2D eigenvalue weighted by Gasteiger charge is 2.30. The van der Waals surface area contributed by atoms with E-state index in [0.29, 0.717) is 24.0 Å². The van der Waals surface area contributed by atoms with Crippen molar-refractivity contribution < 1.29 is 9.90 Å². The zero-order valence-corrected chi connectivity index (χ0v) is 18.3. The summed E-state index contributed by atoms with van der Waals surface area (Å²) in [4.78, 5) is 28.7. The van der Waals surface area contributed by atoms with Crippen molar-refractivity contribution in [2.75, 3.05) is 6.54 Å². The largest absolute Gasteiger partial charge is 0.480 e. The van der Waals surface area contributed by atoms with Crippen LogP contribution in [0.1, 0.15) is 30.3 Å². The molecule has 160 valence electrons. The number of hydrogen-bond acceptors (Lipinski definition) is 5. The Bertz CT molecular complexity index is 1370. The second-order valence-corrected chi connectivity index (χ2v) is 9.25. The molecule has 4 heterocycles. The highest BCUT2D eigenvalue weighted by atomic mass is 32.1. The predicted molar refractivity (Wildman–Crippen MR) is 123 cm³/mol. The molecule has 31 heavy (non-hydrogen) atoms. The predicted octanol–water partition coefficient (Wildman–Crippen LogP) is 3.98. The number of H-pyrrole nitrogens is 1. The molecule has 1 atom stereocenters. The normalized spacial score (nSPS) is 17.2. The van der Waals surface area contributed by atoms with E-state index in [1.807, 2.05) is 30.9 Å². The van der Waals surface area contributed by atoms with Gasteiger partial charge in [0.15, 0.2) is 0 Å². The molecular weight excluding hydrogens is 412 g/mol. The molecule has 1 aromatic carbocycles. The van der Waals surface area contributed by atoms with Crippen LogP contribution in [-0.2, 0) is 17.9 Å². The maximum absolute atomic E-state index is 12.9. The van der Waals surface area contributed by atoms with Crippen molar-refractivity contribution >= 4 is 39.1 Å². The van der Waals surface area contributed by atoms with E-state index in [1.54, 1.807) is 15.9 Å². The molecule has 0 saturated carbocycles. The number of carboxylic acids is 1. The first-order valence-electron chi connectivity index (χ1n) is 10.5. The Morgan fingerprint density at radius 2 is 2.16 bits per heavy atom. The fourth-order valence-corrected chi connectivity index (χ4v) is 5.70. The standard InChI is InChI=1S/C23H24N4O3S/c1-3-27-17-8-6-14(11-16(17)21-20(22(27)28)13(2)24-25-21)19-9-7-15(31-19)12-26-10-4-5-18(26)23(29)30/h6-9,11,18H,3-5,10,12H2,1-2H3,(H,24,25)(H,29,30). The van der Waals surface area contributed by atoms with Gasteiger partial charge in [-0.25, -0.2) is 0 Å². The molecular formula is C23H24N4O3S. The summed E-state index contributed by atoms with van der Waals surface area (Å²) in [6.45, 7) is 5.93. The molecule has 2 N–H and O–H groups in total. The van der Waals surface area contributed by atoms with Gasteiger partial charge in [0, 0.05) is 33.9 Å². The van der Waals surface area contributed by atoms with Crippen LogP contribution in [0, 0.1) is 6.92 Å². The van der Waals surface area contributed by atoms with Crippen LogP contribution in [0.3, 0.4) is 0 Å². The van der Waals surface area contributed by atoms with Gasteiger partial charge in [0.1, 0.15) is 11.6 Å². The van der Waals surface area contributed by atoms with Crippen LogP contribution in [0.4, 0.5) is 0 Å². The van der Waals surface area contributed by atoms with E-state index in [9.17, 15) is 14.7 Å². The third-order valence-corrected chi connectivity index (χ3v) is 7.34. The molecule has 3 aromatic heterocycles. The number of aromatic nitrogens is 3. The van der Waals surface area contributed by atoms with E-state index in [2.05, 4.69) is 28.4 Å². The molecule has 1 fully saturated rings. The lowest BCUT2D eigenvalue weighted by atomic mass is 10.1. The van der Waals surface area contributed by atoms with Gasteiger partial charge in [0.05, 0.1) is 10.9 Å². The molecule has 1 unspecified atom stereocenters. The first-order chi connectivity index (χ1) is 15.0. The maximum Gasteiger partial charge on any atom is 0.320 e. The Labute approximate surface area is 182 Å². The molecule has 0 bridgehead atoms. The van der Waals surface area contributed by atoms with Gasteiger partial charge in [-0.1, -0.05) is 6.07 Å². The number of benzene rings is 1. The van der Waals surface area contributed by atoms with Crippen LogP contribution < -0.4 is 5.56 Å². The quantitative estimate of drug-likeness (QED) is 0.494. The van der Waals surface area contributed by atoms with Crippen molar-refractivity contribution in [2.45, 2.75) is 45.8 Å². The Hall–Kier alpha value is -2.97. The summed E-state index contributed by atoms with van der Waals surface area (Å²) in [6, 6.07) is 9.95. The van der Waals surface area contributed by atoms with Crippen molar-refractivity contribution in [1.82, 2.24) is 19.7 Å². The Morgan fingerprint density at radius 3 is 2.94 bits per heavy atom. The van der Waals surface area contributed by atoms with Gasteiger partial charge in [0.25, 0.3) is 5.56 Å². The number of aromatic amines is 1. The van der Waals surface area contributed by atoms with Gasteiger partial charge in [-0.2, -0.15) is 5.10 Å². The van der Waals surface area contributed by atoms with E-state index in [4.69, 9.17) is 0 Å². The van der Waals surface area contributed by atoms with Crippen LogP contribution in [0.15, 0.2) is 35.1 Å². The van der Waals surface area contributed by atoms with Gasteiger partial charge < -0.3 is 9.67 Å². The number of aryl methyl sites for hydroxylation is 2. The summed E-state index contributed by atoms with van der Waals surface area (Å²) in [7, 11) is 0. The van der Waals surface area contributed by atoms with Gasteiger partial charge in [-0.15, -0.1) is 11.3 Å². The second-order valence-electron chi connectivity index (χ2n) is 8.09. The summed E-state index contributed by atoms with van der Waals surface area (Å²) < 4.78 is 1.79. The average molecular weight is 437 g/mol. The average Bonchev–Trinajstić information content (AvgIpc) is 3.49. The van der Waals surface area contributed by atoms with E-state index >= 15 is 0 Å². The van der Waals surface area contributed by atoms with Crippen LogP contribution in [-0.4, -0.2) is 43.3 Å². The first kappa shape index (κ1) is 20.0. The number of carboxylic acid groups (broad SMARTS) is 1. The van der Waals surface area contributed by atoms with E-state index < -0.39 is 5.97 Å². The third kappa shape index (κ3) is 3.26. The van der Waals surface area contributed by atoms with E-state index in [-0.39, 0.29) is 11.6 Å². The number of hydrogen-bond donors (Lipinski definition) is 2. The third-order valence-electron chi connectivity index (χ3n) is 6.22. The highest BCUT2D eigenvalue weighted by molar-refractivity contribution is 7.15. The lowest BCUT2D eigenvalue weighted by molar-refractivity contribution is -0.142. The smallest absolute Gasteiger partial charge is 0.320 e. The number of likely N-dealkylation sites (tertiary alicyclic amines) is 1. The van der Waals surface area contributed by atoms with Crippen LogP contribution in [0.2, 0.25) is 0 Å². The van der Waals surface area contributed by atoms with Crippen molar-refractivity contribution in [2.24, 2.45) is 0 Å². The molecule has 1 aliphatic heterocycles. The SMILES string of the molecule is CCn1c(=O)c2c(C)[nH]nc2c2cc(-c3ccc(CN4CCCC4C(=O)O)s3)ccc21. The number of thiophene rings is 1. The van der Waals surface area contributed by atoms with Crippen molar-refractivity contribution in [3.63, 3.8) is 0 Å². The van der Waals surface area contributed by atoms with Crippen molar-refractivity contribution in [3.8, 4) is 10.4 Å². The minimum Gasteiger partial charge on any atom is -0.480 e. The molecule has 0 amide bonds. The Balaban J connectivity index is 1.54. The van der Waals surface area contributed by atoms with E-state index in [0.717, 1.165) is 51.3 Å². The minimum absolute atomic E-state index is 0.0130. The number of fused-ring (bicyclic) bond motifs is 3. The van der Waals surface area contributed by atoms with Gasteiger partial charge in [-0.05, 0) is 63.1 Å². The molecule has 4 aromatic rings. The molecule has 1 saturated heterocycles. The van der Waals surface area contributed by atoms with Crippen LogP contribution >= 0.6 is 11.3 Å². The van der Waals surface area contributed by atoms with Gasteiger partial charge >= 0.3 is 5.97 Å². The lowest BCUT2D eigenvalue weighted by Crippen LogP contribution is -2.35. The first-order valence-corrected chi connectivity index (χ1v) is 11.4. The molecule has 0 radical (unpaired) electrons. The summed E-state index contributed by atoms with van der Waals surface area (Å²) in [6.07, 6.45) is 1.65. The topological polar surface area (TPSA) is 91.2 Å². The number of rotatable bonds is 5. The van der Waals surface area contributed by atoms with Crippen molar-refractivity contribution in [3.05, 3.63) is 51.3 Å². The molecule has 0 aliphatic carbocycles. The number of nitrogens with one attached hydrogen (secondary N) is 1. The van der Waals surface area contributed by atoms with Gasteiger partial charge in [0.2, 0.25) is 0 Å². The van der Waals surface area contributed by atoms with Crippen LogP contribution in [0.25, 0.3) is 32.2 Å². The van der Waals surface area contributed by atoms with E-state index in [1.165, 1.54) is 0 Å². The number of carbonyl (C=O) groups is 1. The molecule has 8 heteroatoms. The molecule has 5 rings (SSSR count). The summed E-state index contributed by atoms with van der Waals surface area (Å²) in [5.41, 5.74) is 3.44. The summed E-state index contributed by atoms with van der Waals surface area (Å²) >= 11 is 1.69. The number of pyridine rings is 1. The zero-order chi connectivity index (χ0) is 21.7. The van der Waals surface area contributed by atoms with Crippen LogP contribution in [0.5, 0.6) is 0 Å². The number of aliphatic carboxylic acids is 1. The fraction of sp³-hybridized carbons (Fsp3) is 0.348. The van der Waals surface area contributed by atoms with Crippen molar-refractivity contribution in [1.29, 1.82) is 0 Å². The fourth-order valence-electron chi connectivity index (χ4n) is 4.67. The lowest BCUT2D eigenvalue weighted by Gasteiger charge is -2.19. The minimum atomic E-state index is -0.732.